The normalized spacial score (nSPS) is 17.7. The molecule has 0 fully saturated rings. The van der Waals surface area contributed by atoms with E-state index in [1.165, 1.54) is 12.3 Å². The number of nitrogens with one attached hydrogen (secondary N) is 2. The molecule has 0 saturated carbocycles. The first kappa shape index (κ1) is 14.0. The Morgan fingerprint density at radius 3 is 3.00 bits per heavy atom. The summed E-state index contributed by atoms with van der Waals surface area (Å²) in [6.07, 6.45) is 1.57. The largest absolute Gasteiger partial charge is 0.487 e. The van der Waals surface area contributed by atoms with E-state index in [1.807, 2.05) is 6.92 Å². The quantitative estimate of drug-likeness (QED) is 0.902. The monoisotopic (exact) mass is 308 g/mol. The molecule has 1 aliphatic heterocycles. The van der Waals surface area contributed by atoms with Gasteiger partial charge in [-0.05, 0) is 37.3 Å². The number of sulfonamides is 1. The molecule has 0 spiro atoms. The van der Waals surface area contributed by atoms with Gasteiger partial charge in [0.15, 0.2) is 0 Å². The van der Waals surface area contributed by atoms with Crippen molar-refractivity contribution >= 4 is 15.7 Å². The summed E-state index contributed by atoms with van der Waals surface area (Å²) < 4.78 is 37.7. The van der Waals surface area contributed by atoms with E-state index in [9.17, 15) is 8.42 Å². The molecule has 0 saturated heterocycles. The molecule has 0 amide bonds. The van der Waals surface area contributed by atoms with E-state index in [4.69, 9.17) is 9.15 Å². The molecule has 7 heteroatoms. The van der Waals surface area contributed by atoms with Crippen molar-refractivity contribution in [2.45, 2.75) is 24.5 Å². The molecule has 1 aromatic carbocycles. The Morgan fingerprint density at radius 1 is 1.38 bits per heavy atom. The van der Waals surface area contributed by atoms with Gasteiger partial charge in [-0.25, -0.2) is 13.1 Å². The molecule has 2 N–H and O–H groups in total. The third-order valence-corrected chi connectivity index (χ3v) is 4.58. The molecule has 0 bridgehead atoms. The molecule has 1 unspecified atom stereocenters. The third kappa shape index (κ3) is 3.03. The third-order valence-electron chi connectivity index (χ3n) is 3.19. The smallest absolute Gasteiger partial charge is 0.241 e. The van der Waals surface area contributed by atoms with E-state index in [1.54, 1.807) is 24.3 Å². The molecule has 2 aromatic rings. The van der Waals surface area contributed by atoms with Crippen LogP contribution in [0.5, 0.6) is 5.75 Å². The number of furan rings is 1. The van der Waals surface area contributed by atoms with Crippen molar-refractivity contribution in [2.75, 3.05) is 11.9 Å². The van der Waals surface area contributed by atoms with Gasteiger partial charge in [0.1, 0.15) is 17.6 Å². The van der Waals surface area contributed by atoms with Gasteiger partial charge in [-0.15, -0.1) is 0 Å². The number of benzene rings is 1. The van der Waals surface area contributed by atoms with E-state index in [-0.39, 0.29) is 17.5 Å². The van der Waals surface area contributed by atoms with Crippen molar-refractivity contribution in [3.8, 4) is 5.75 Å². The van der Waals surface area contributed by atoms with Gasteiger partial charge < -0.3 is 14.5 Å². The second-order valence-electron chi connectivity index (χ2n) is 4.87. The van der Waals surface area contributed by atoms with Crippen LogP contribution in [0.1, 0.15) is 12.7 Å². The van der Waals surface area contributed by atoms with Gasteiger partial charge in [0.25, 0.3) is 0 Å². The van der Waals surface area contributed by atoms with Crippen LogP contribution in [0.3, 0.4) is 0 Å². The van der Waals surface area contributed by atoms with Crippen LogP contribution in [0.2, 0.25) is 0 Å². The van der Waals surface area contributed by atoms with E-state index in [0.717, 1.165) is 0 Å². The van der Waals surface area contributed by atoms with Crippen molar-refractivity contribution < 1.29 is 17.6 Å². The Hall–Kier alpha value is -1.99. The summed E-state index contributed by atoms with van der Waals surface area (Å²) >= 11 is 0. The zero-order chi connectivity index (χ0) is 14.9. The fraction of sp³-hybridized carbons (Fsp3) is 0.286. The first-order valence-electron chi connectivity index (χ1n) is 6.61. The molecule has 1 aliphatic rings. The molecule has 1 atom stereocenters. The number of rotatable bonds is 4. The van der Waals surface area contributed by atoms with Crippen LogP contribution in [-0.2, 0) is 16.6 Å². The first-order chi connectivity index (χ1) is 10.0. The van der Waals surface area contributed by atoms with Crippen molar-refractivity contribution in [2.24, 2.45) is 0 Å². The molecular formula is C14H16N2O4S. The number of hydrogen-bond donors (Lipinski definition) is 2. The van der Waals surface area contributed by atoms with Crippen molar-refractivity contribution in [1.82, 2.24) is 4.72 Å². The summed E-state index contributed by atoms with van der Waals surface area (Å²) in [5.74, 6) is 1.23. The molecular weight excluding hydrogens is 292 g/mol. The Morgan fingerprint density at radius 2 is 2.24 bits per heavy atom. The van der Waals surface area contributed by atoms with Gasteiger partial charge in [-0.3, -0.25) is 0 Å². The molecule has 1 aromatic heterocycles. The first-order valence-corrected chi connectivity index (χ1v) is 8.09. The van der Waals surface area contributed by atoms with Crippen LogP contribution in [0.4, 0.5) is 5.69 Å². The number of ether oxygens (including phenoxy) is 1. The summed E-state index contributed by atoms with van der Waals surface area (Å²) in [6, 6.07) is 8.20. The maximum Gasteiger partial charge on any atom is 0.241 e. The van der Waals surface area contributed by atoms with E-state index < -0.39 is 10.0 Å². The van der Waals surface area contributed by atoms with E-state index in [0.29, 0.717) is 23.7 Å². The van der Waals surface area contributed by atoms with Crippen LogP contribution in [-0.4, -0.2) is 21.1 Å². The number of fused-ring (bicyclic) bond motifs is 1. The highest BCUT2D eigenvalue weighted by Crippen LogP contribution is 2.31. The molecule has 3 rings (SSSR count). The lowest BCUT2D eigenvalue weighted by Gasteiger charge is -2.25. The Kier molecular flexibility index (Phi) is 3.60. The SMILES string of the molecule is CC1CNc2cc(S(=O)(=O)NCc3ccco3)ccc2O1. The summed E-state index contributed by atoms with van der Waals surface area (Å²) in [5.41, 5.74) is 0.689. The highest BCUT2D eigenvalue weighted by Gasteiger charge is 2.20. The van der Waals surface area contributed by atoms with E-state index in [2.05, 4.69) is 10.0 Å². The average Bonchev–Trinajstić information content (AvgIpc) is 2.98. The topological polar surface area (TPSA) is 80.6 Å². The molecule has 2 heterocycles. The second kappa shape index (κ2) is 5.42. The Labute approximate surface area is 123 Å². The van der Waals surface area contributed by atoms with Crippen LogP contribution in [0, 0.1) is 0 Å². The van der Waals surface area contributed by atoms with Crippen LogP contribution in [0.25, 0.3) is 0 Å². The van der Waals surface area contributed by atoms with Crippen LogP contribution >= 0.6 is 0 Å². The maximum absolute atomic E-state index is 12.3. The summed E-state index contributed by atoms with van der Waals surface area (Å²) in [6.45, 7) is 2.72. The minimum absolute atomic E-state index is 0.0667. The van der Waals surface area contributed by atoms with Crippen LogP contribution < -0.4 is 14.8 Å². The number of anilines is 1. The van der Waals surface area contributed by atoms with Crippen molar-refractivity contribution in [3.05, 3.63) is 42.4 Å². The number of hydrogen-bond acceptors (Lipinski definition) is 5. The minimum Gasteiger partial charge on any atom is -0.487 e. The highest BCUT2D eigenvalue weighted by atomic mass is 32.2. The summed E-state index contributed by atoms with van der Waals surface area (Å²) in [7, 11) is -3.59. The Bertz CT molecular complexity index is 725. The van der Waals surface area contributed by atoms with Gasteiger partial charge in [0.2, 0.25) is 10.0 Å². The predicted octanol–water partition coefficient (Wildman–Crippen LogP) is 1.95. The van der Waals surface area contributed by atoms with Gasteiger partial charge in [-0.2, -0.15) is 0 Å². The molecule has 0 aliphatic carbocycles. The van der Waals surface area contributed by atoms with Crippen molar-refractivity contribution in [1.29, 1.82) is 0 Å². The second-order valence-corrected chi connectivity index (χ2v) is 6.64. The summed E-state index contributed by atoms with van der Waals surface area (Å²) in [4.78, 5) is 0.193. The Balaban J connectivity index is 1.79. The fourth-order valence-corrected chi connectivity index (χ4v) is 3.11. The molecule has 21 heavy (non-hydrogen) atoms. The minimum atomic E-state index is -3.59. The standard InChI is InChI=1S/C14H16N2O4S/c1-10-8-15-13-7-12(4-5-14(13)20-10)21(17,18)16-9-11-3-2-6-19-11/h2-7,10,15-16H,8-9H2,1H3. The lowest BCUT2D eigenvalue weighted by atomic mass is 10.2. The summed E-state index contributed by atoms with van der Waals surface area (Å²) in [5, 5.41) is 3.16. The zero-order valence-electron chi connectivity index (χ0n) is 11.5. The van der Waals surface area contributed by atoms with Gasteiger partial charge in [-0.1, -0.05) is 0 Å². The van der Waals surface area contributed by atoms with E-state index >= 15 is 0 Å². The van der Waals surface area contributed by atoms with Gasteiger partial charge >= 0.3 is 0 Å². The fourth-order valence-electron chi connectivity index (χ4n) is 2.09. The highest BCUT2D eigenvalue weighted by molar-refractivity contribution is 7.89. The van der Waals surface area contributed by atoms with Gasteiger partial charge in [0, 0.05) is 0 Å². The van der Waals surface area contributed by atoms with Gasteiger partial charge in [0.05, 0.1) is 29.9 Å². The van der Waals surface area contributed by atoms with Crippen molar-refractivity contribution in [3.63, 3.8) is 0 Å². The molecule has 112 valence electrons. The predicted molar refractivity (Wildman–Crippen MR) is 77.8 cm³/mol. The molecule has 6 nitrogen and oxygen atoms in total. The lowest BCUT2D eigenvalue weighted by Crippen LogP contribution is -2.28. The maximum atomic E-state index is 12.3. The van der Waals surface area contributed by atoms with Crippen LogP contribution in [0.15, 0.2) is 45.9 Å². The molecule has 0 radical (unpaired) electrons. The zero-order valence-corrected chi connectivity index (χ0v) is 12.3. The average molecular weight is 308 g/mol. The lowest BCUT2D eigenvalue weighted by molar-refractivity contribution is 0.226.